The fourth-order valence-electron chi connectivity index (χ4n) is 3.93. The second-order valence-corrected chi connectivity index (χ2v) is 7.26. The molecule has 25 heavy (non-hydrogen) atoms. The van der Waals surface area contributed by atoms with Gasteiger partial charge in [0, 0.05) is 37.2 Å². The van der Waals surface area contributed by atoms with Crippen LogP contribution in [0.25, 0.3) is 0 Å². The molecule has 2 N–H and O–H groups in total. The van der Waals surface area contributed by atoms with Gasteiger partial charge in [0.1, 0.15) is 0 Å². The molecule has 0 unspecified atom stereocenters. The number of nitrogens with one attached hydrogen (secondary N) is 2. The monoisotopic (exact) mass is 343 g/mol. The van der Waals surface area contributed by atoms with E-state index < -0.39 is 0 Å². The van der Waals surface area contributed by atoms with E-state index in [4.69, 9.17) is 0 Å². The molecule has 2 fully saturated rings. The van der Waals surface area contributed by atoms with Gasteiger partial charge in [-0.05, 0) is 49.8 Å². The van der Waals surface area contributed by atoms with Crippen LogP contribution in [-0.4, -0.2) is 36.0 Å². The molecule has 3 amide bonds. The van der Waals surface area contributed by atoms with E-state index >= 15 is 0 Å². The third kappa shape index (κ3) is 4.53. The van der Waals surface area contributed by atoms with Crippen molar-refractivity contribution in [1.82, 2.24) is 10.2 Å². The predicted molar refractivity (Wildman–Crippen MR) is 99.5 cm³/mol. The molecule has 2 aliphatic heterocycles. The summed E-state index contributed by atoms with van der Waals surface area (Å²) in [5.74, 6) is 0.355. The van der Waals surface area contributed by atoms with Gasteiger partial charge in [0.05, 0.1) is 0 Å². The van der Waals surface area contributed by atoms with Gasteiger partial charge in [0.2, 0.25) is 5.91 Å². The molecule has 0 bridgehead atoms. The summed E-state index contributed by atoms with van der Waals surface area (Å²) in [6, 6.07) is 8.30. The van der Waals surface area contributed by atoms with Crippen LogP contribution >= 0.6 is 0 Å². The zero-order valence-electron chi connectivity index (χ0n) is 15.1. The molecule has 5 heteroatoms. The molecule has 2 aliphatic rings. The van der Waals surface area contributed by atoms with Crippen LogP contribution in [0.2, 0.25) is 0 Å². The lowest BCUT2D eigenvalue weighted by molar-refractivity contribution is -0.119. The molecule has 5 nitrogen and oxygen atoms in total. The molecular weight excluding hydrogens is 314 g/mol. The van der Waals surface area contributed by atoms with Gasteiger partial charge < -0.3 is 15.5 Å². The van der Waals surface area contributed by atoms with Crippen LogP contribution in [0.4, 0.5) is 10.5 Å². The fourth-order valence-corrected chi connectivity index (χ4v) is 3.93. The third-order valence-corrected chi connectivity index (χ3v) is 5.39. The van der Waals surface area contributed by atoms with Gasteiger partial charge in [-0.15, -0.1) is 0 Å². The van der Waals surface area contributed by atoms with Crippen molar-refractivity contribution in [2.45, 2.75) is 57.9 Å². The summed E-state index contributed by atoms with van der Waals surface area (Å²) < 4.78 is 0. The highest BCUT2D eigenvalue weighted by atomic mass is 16.2. The van der Waals surface area contributed by atoms with Crippen molar-refractivity contribution in [3.8, 4) is 0 Å². The van der Waals surface area contributed by atoms with E-state index in [-0.39, 0.29) is 23.9 Å². The Morgan fingerprint density at radius 2 is 2.08 bits per heavy atom. The van der Waals surface area contributed by atoms with Crippen molar-refractivity contribution in [3.05, 3.63) is 29.8 Å². The Morgan fingerprint density at radius 1 is 1.28 bits per heavy atom. The molecule has 2 atom stereocenters. The number of nitrogens with zero attached hydrogens (tertiary/aromatic N) is 1. The first-order valence-corrected chi connectivity index (χ1v) is 9.60. The Hall–Kier alpha value is -2.04. The molecule has 2 saturated heterocycles. The van der Waals surface area contributed by atoms with Crippen molar-refractivity contribution in [1.29, 1.82) is 0 Å². The Bertz CT molecular complexity index is 599. The van der Waals surface area contributed by atoms with E-state index in [1.807, 2.05) is 17.0 Å². The number of carbonyl (C=O) groups excluding carboxylic acids is 2. The number of urea groups is 1. The summed E-state index contributed by atoms with van der Waals surface area (Å²) in [4.78, 5) is 26.3. The molecule has 0 radical (unpaired) electrons. The summed E-state index contributed by atoms with van der Waals surface area (Å²) in [7, 11) is 0. The topological polar surface area (TPSA) is 61.4 Å². The lowest BCUT2D eigenvalue weighted by Crippen LogP contribution is -2.49. The number of hydrogen-bond donors (Lipinski definition) is 2. The highest BCUT2D eigenvalue weighted by Crippen LogP contribution is 2.28. The van der Waals surface area contributed by atoms with Crippen LogP contribution in [0, 0.1) is 5.92 Å². The highest BCUT2D eigenvalue weighted by Gasteiger charge is 2.36. The van der Waals surface area contributed by atoms with Crippen LogP contribution in [-0.2, 0) is 11.2 Å². The smallest absolute Gasteiger partial charge is 0.322 e. The lowest BCUT2D eigenvalue weighted by atomic mass is 9.90. The standard InChI is InChI=1S/C20H29N3O2/c1-2-3-6-15-8-10-17(11-9-15)22-20(25)23-12-5-4-7-18(23)16-13-19(24)21-14-16/h8-11,16,18H,2-7,12-14H2,1H3,(H,21,24)(H,22,25)/t16-,18-/m1/s1. The Balaban J connectivity index is 1.61. The molecule has 0 spiro atoms. The largest absolute Gasteiger partial charge is 0.356 e. The average Bonchev–Trinajstić information content (AvgIpc) is 3.07. The zero-order valence-corrected chi connectivity index (χ0v) is 15.1. The maximum Gasteiger partial charge on any atom is 0.322 e. The number of carbonyl (C=O) groups is 2. The van der Waals surface area contributed by atoms with Crippen molar-refractivity contribution < 1.29 is 9.59 Å². The average molecular weight is 343 g/mol. The van der Waals surface area contributed by atoms with Crippen LogP contribution in [0.15, 0.2) is 24.3 Å². The molecule has 3 rings (SSSR count). The molecule has 136 valence electrons. The number of aryl methyl sites for hydroxylation is 1. The van der Waals surface area contributed by atoms with Crippen molar-refractivity contribution in [2.24, 2.45) is 5.92 Å². The number of piperidine rings is 1. The van der Waals surface area contributed by atoms with E-state index in [9.17, 15) is 9.59 Å². The predicted octanol–water partition coefficient (Wildman–Crippen LogP) is 3.55. The van der Waals surface area contributed by atoms with Gasteiger partial charge in [0.25, 0.3) is 0 Å². The van der Waals surface area contributed by atoms with E-state index in [1.54, 1.807) is 0 Å². The molecule has 1 aromatic rings. The first-order valence-electron chi connectivity index (χ1n) is 9.60. The molecule has 0 aromatic heterocycles. The van der Waals surface area contributed by atoms with Gasteiger partial charge >= 0.3 is 6.03 Å². The number of rotatable bonds is 5. The maximum absolute atomic E-state index is 12.8. The first-order chi connectivity index (χ1) is 12.2. The minimum absolute atomic E-state index is 0.0367. The fraction of sp³-hybridized carbons (Fsp3) is 0.600. The number of amides is 3. The van der Waals surface area contributed by atoms with Crippen LogP contribution in [0.5, 0.6) is 0 Å². The number of benzene rings is 1. The molecular formula is C20H29N3O2. The van der Waals surface area contributed by atoms with Crippen molar-refractivity contribution in [3.63, 3.8) is 0 Å². The second kappa shape index (κ2) is 8.37. The quantitative estimate of drug-likeness (QED) is 0.859. The summed E-state index contributed by atoms with van der Waals surface area (Å²) in [5.41, 5.74) is 2.15. The summed E-state index contributed by atoms with van der Waals surface area (Å²) in [6.07, 6.45) is 7.16. The van der Waals surface area contributed by atoms with Gasteiger partial charge in [-0.2, -0.15) is 0 Å². The number of unbranched alkanes of at least 4 members (excludes halogenated alkanes) is 1. The number of likely N-dealkylation sites (tertiary alicyclic amines) is 1. The summed E-state index contributed by atoms with van der Waals surface area (Å²) in [5, 5.41) is 5.94. The number of hydrogen-bond acceptors (Lipinski definition) is 2. The molecule has 0 saturated carbocycles. The molecule has 0 aliphatic carbocycles. The van der Waals surface area contributed by atoms with E-state index in [0.717, 1.165) is 37.9 Å². The van der Waals surface area contributed by atoms with Crippen molar-refractivity contribution >= 4 is 17.6 Å². The molecule has 2 heterocycles. The van der Waals surface area contributed by atoms with E-state index in [0.29, 0.717) is 13.0 Å². The summed E-state index contributed by atoms with van der Waals surface area (Å²) in [6.45, 7) is 3.66. The van der Waals surface area contributed by atoms with Crippen LogP contribution in [0.1, 0.15) is 51.0 Å². The van der Waals surface area contributed by atoms with Gasteiger partial charge in [-0.1, -0.05) is 25.5 Å². The third-order valence-electron chi connectivity index (χ3n) is 5.39. The molecule has 1 aromatic carbocycles. The SMILES string of the molecule is CCCCc1ccc(NC(=O)N2CCCC[C@@H]2[C@H]2CNC(=O)C2)cc1. The number of anilines is 1. The maximum atomic E-state index is 12.8. The minimum Gasteiger partial charge on any atom is -0.356 e. The van der Waals surface area contributed by atoms with Crippen LogP contribution in [0.3, 0.4) is 0 Å². The Labute approximate surface area is 150 Å². The zero-order chi connectivity index (χ0) is 17.6. The van der Waals surface area contributed by atoms with Gasteiger partial charge in [0.15, 0.2) is 0 Å². The Morgan fingerprint density at radius 3 is 2.76 bits per heavy atom. The van der Waals surface area contributed by atoms with E-state index in [2.05, 4.69) is 29.7 Å². The highest BCUT2D eigenvalue weighted by molar-refractivity contribution is 5.89. The normalized spacial score (nSPS) is 23.4. The van der Waals surface area contributed by atoms with Crippen LogP contribution < -0.4 is 10.6 Å². The van der Waals surface area contributed by atoms with E-state index in [1.165, 1.54) is 18.4 Å². The second-order valence-electron chi connectivity index (χ2n) is 7.26. The summed E-state index contributed by atoms with van der Waals surface area (Å²) >= 11 is 0. The van der Waals surface area contributed by atoms with Gasteiger partial charge in [-0.3, -0.25) is 4.79 Å². The minimum atomic E-state index is -0.0367. The lowest BCUT2D eigenvalue weighted by Gasteiger charge is -2.38. The Kier molecular flexibility index (Phi) is 5.95. The first kappa shape index (κ1) is 17.8. The van der Waals surface area contributed by atoms with Crippen molar-refractivity contribution in [2.75, 3.05) is 18.4 Å². The van der Waals surface area contributed by atoms with Gasteiger partial charge in [-0.25, -0.2) is 4.79 Å².